The molecule has 0 amide bonds. The summed E-state index contributed by atoms with van der Waals surface area (Å²) in [5, 5.41) is 8.50. The lowest BCUT2D eigenvalue weighted by atomic mass is 10.1. The van der Waals surface area contributed by atoms with Crippen molar-refractivity contribution in [3.05, 3.63) is 35.9 Å². The molecule has 0 atom stereocenters. The molecule has 0 aliphatic carbocycles. The van der Waals surface area contributed by atoms with Crippen molar-refractivity contribution in [1.82, 2.24) is 0 Å². The van der Waals surface area contributed by atoms with E-state index in [0.29, 0.717) is 11.3 Å². The van der Waals surface area contributed by atoms with Crippen LogP contribution < -0.4 is 4.74 Å². The lowest BCUT2D eigenvalue weighted by Gasteiger charge is -1.98. The summed E-state index contributed by atoms with van der Waals surface area (Å²) >= 11 is 0. The molecule has 1 aromatic rings. The highest BCUT2D eigenvalue weighted by atomic mass is 16.5. The summed E-state index contributed by atoms with van der Waals surface area (Å²) in [6.07, 6.45) is 1.07. The number of carbonyl (C=O) groups is 2. The van der Waals surface area contributed by atoms with Crippen molar-refractivity contribution in [3.63, 3.8) is 0 Å². The van der Waals surface area contributed by atoms with Crippen LogP contribution in [0, 0.1) is 0 Å². The first kappa shape index (κ1) is 11.3. The van der Waals surface area contributed by atoms with E-state index in [1.54, 1.807) is 24.3 Å². The molecular weight excluding hydrogens is 224 g/mol. The first-order chi connectivity index (χ1) is 8.22. The Hall–Kier alpha value is -2.14. The molecule has 17 heavy (non-hydrogen) atoms. The average Bonchev–Trinajstić information content (AvgIpc) is 2.64. The monoisotopic (exact) mass is 234 g/mol. The molecule has 0 bridgehead atoms. The van der Waals surface area contributed by atoms with Crippen LogP contribution in [0.1, 0.15) is 5.56 Å². The zero-order valence-electron chi connectivity index (χ0n) is 8.88. The van der Waals surface area contributed by atoms with E-state index < -0.39 is 11.9 Å². The van der Waals surface area contributed by atoms with Gasteiger partial charge in [0.25, 0.3) is 0 Å². The summed E-state index contributed by atoms with van der Waals surface area (Å²) < 4.78 is 9.60. The fourth-order valence-electron chi connectivity index (χ4n) is 1.49. The van der Waals surface area contributed by atoms with Crippen LogP contribution >= 0.6 is 0 Å². The summed E-state index contributed by atoms with van der Waals surface area (Å²) in [6.45, 7) is -0.352. The number of esters is 2. The number of carbonyl (C=O) groups excluding carboxylic acids is 2. The molecule has 0 unspecified atom stereocenters. The number of hydrogen-bond donors (Lipinski definition) is 1. The van der Waals surface area contributed by atoms with E-state index in [2.05, 4.69) is 4.74 Å². The van der Waals surface area contributed by atoms with Gasteiger partial charge in [0, 0.05) is 11.6 Å². The van der Waals surface area contributed by atoms with Crippen LogP contribution in [0.25, 0.3) is 5.57 Å². The van der Waals surface area contributed by atoms with Gasteiger partial charge in [-0.15, -0.1) is 0 Å². The highest BCUT2D eigenvalue weighted by Gasteiger charge is 2.27. The van der Waals surface area contributed by atoms with E-state index in [9.17, 15) is 9.59 Å². The first-order valence-electron chi connectivity index (χ1n) is 5.03. The number of hydrogen-bond acceptors (Lipinski definition) is 5. The lowest BCUT2D eigenvalue weighted by Crippen LogP contribution is -2.08. The van der Waals surface area contributed by atoms with Gasteiger partial charge in [-0.1, -0.05) is 18.2 Å². The Labute approximate surface area is 97.3 Å². The number of rotatable bonds is 3. The van der Waals surface area contributed by atoms with Crippen molar-refractivity contribution in [2.75, 3.05) is 13.2 Å². The van der Waals surface area contributed by atoms with Gasteiger partial charge in [-0.3, -0.25) is 0 Å². The SMILES string of the molecule is O=C(/C=C1\C(=O)Oc2ccccc21)OCCO. The topological polar surface area (TPSA) is 72.8 Å². The highest BCUT2D eigenvalue weighted by Crippen LogP contribution is 2.33. The van der Waals surface area contributed by atoms with Gasteiger partial charge in [0.1, 0.15) is 12.4 Å². The normalized spacial score (nSPS) is 15.6. The maximum Gasteiger partial charge on any atom is 0.344 e. The van der Waals surface area contributed by atoms with Gasteiger partial charge in [0.15, 0.2) is 0 Å². The van der Waals surface area contributed by atoms with Crippen LogP contribution in [0.15, 0.2) is 30.3 Å². The van der Waals surface area contributed by atoms with Gasteiger partial charge in [0.05, 0.1) is 12.2 Å². The third kappa shape index (κ3) is 2.34. The average molecular weight is 234 g/mol. The molecule has 88 valence electrons. The zero-order valence-corrected chi connectivity index (χ0v) is 8.88. The van der Waals surface area contributed by atoms with Crippen molar-refractivity contribution in [3.8, 4) is 5.75 Å². The third-order valence-corrected chi connectivity index (χ3v) is 2.20. The highest BCUT2D eigenvalue weighted by molar-refractivity contribution is 6.24. The Morgan fingerprint density at radius 2 is 2.18 bits per heavy atom. The van der Waals surface area contributed by atoms with E-state index in [1.807, 2.05) is 0 Å². The van der Waals surface area contributed by atoms with Gasteiger partial charge >= 0.3 is 11.9 Å². The van der Waals surface area contributed by atoms with Crippen LogP contribution in [-0.2, 0) is 14.3 Å². The number of aliphatic hydroxyl groups excluding tert-OH is 1. The molecule has 5 nitrogen and oxygen atoms in total. The van der Waals surface area contributed by atoms with Crippen LogP contribution in [0.2, 0.25) is 0 Å². The summed E-state index contributed by atoms with van der Waals surface area (Å²) in [5.74, 6) is -0.825. The minimum Gasteiger partial charge on any atom is -0.460 e. The van der Waals surface area contributed by atoms with Gasteiger partial charge in [-0.05, 0) is 6.07 Å². The second-order valence-electron chi connectivity index (χ2n) is 3.33. The number of fused-ring (bicyclic) bond motifs is 1. The molecule has 1 heterocycles. The smallest absolute Gasteiger partial charge is 0.344 e. The van der Waals surface area contributed by atoms with Gasteiger partial charge in [-0.25, -0.2) is 9.59 Å². The molecular formula is C12H10O5. The zero-order chi connectivity index (χ0) is 12.3. The minimum absolute atomic E-state index is 0.0979. The molecule has 0 saturated carbocycles. The van der Waals surface area contributed by atoms with Gasteiger partial charge in [0.2, 0.25) is 0 Å². The van der Waals surface area contributed by atoms with Gasteiger partial charge < -0.3 is 14.6 Å². The Morgan fingerprint density at radius 3 is 2.94 bits per heavy atom. The molecule has 1 aliphatic rings. The molecule has 0 fully saturated rings. The van der Waals surface area contributed by atoms with E-state index >= 15 is 0 Å². The van der Waals surface area contributed by atoms with Crippen molar-refractivity contribution >= 4 is 17.5 Å². The summed E-state index contributed by atoms with van der Waals surface area (Å²) in [4.78, 5) is 22.8. The van der Waals surface area contributed by atoms with Crippen molar-refractivity contribution in [1.29, 1.82) is 0 Å². The van der Waals surface area contributed by atoms with E-state index in [4.69, 9.17) is 9.84 Å². The van der Waals surface area contributed by atoms with Crippen LogP contribution in [0.3, 0.4) is 0 Å². The summed E-state index contributed by atoms with van der Waals surface area (Å²) in [7, 11) is 0. The second-order valence-corrected chi connectivity index (χ2v) is 3.33. The predicted octanol–water partition coefficient (Wildman–Crippen LogP) is 0.524. The molecule has 0 radical (unpaired) electrons. The van der Waals surface area contributed by atoms with E-state index in [0.717, 1.165) is 6.08 Å². The predicted molar refractivity (Wildman–Crippen MR) is 58.1 cm³/mol. The quantitative estimate of drug-likeness (QED) is 0.469. The number of para-hydroxylation sites is 1. The fourth-order valence-corrected chi connectivity index (χ4v) is 1.49. The Bertz CT molecular complexity index is 489. The Balaban J connectivity index is 2.24. The van der Waals surface area contributed by atoms with Crippen molar-refractivity contribution < 1.29 is 24.2 Å². The fraction of sp³-hybridized carbons (Fsp3) is 0.167. The maximum atomic E-state index is 11.5. The molecule has 0 aromatic heterocycles. The Kier molecular flexibility index (Phi) is 3.20. The van der Waals surface area contributed by atoms with Crippen LogP contribution in [-0.4, -0.2) is 30.3 Å². The van der Waals surface area contributed by atoms with Gasteiger partial charge in [-0.2, -0.15) is 0 Å². The molecule has 1 N–H and O–H groups in total. The molecule has 0 spiro atoms. The number of ether oxygens (including phenoxy) is 2. The molecule has 1 aliphatic heterocycles. The third-order valence-electron chi connectivity index (χ3n) is 2.20. The van der Waals surface area contributed by atoms with E-state index in [1.165, 1.54) is 0 Å². The molecule has 0 saturated heterocycles. The van der Waals surface area contributed by atoms with Crippen LogP contribution in [0.5, 0.6) is 5.75 Å². The van der Waals surface area contributed by atoms with E-state index in [-0.39, 0.29) is 18.8 Å². The lowest BCUT2D eigenvalue weighted by molar-refractivity contribution is -0.139. The molecule has 2 rings (SSSR count). The summed E-state index contributed by atoms with van der Waals surface area (Å²) in [6, 6.07) is 6.81. The maximum absolute atomic E-state index is 11.5. The number of aliphatic hydroxyl groups is 1. The Morgan fingerprint density at radius 1 is 1.41 bits per heavy atom. The minimum atomic E-state index is -0.678. The van der Waals surface area contributed by atoms with Crippen molar-refractivity contribution in [2.45, 2.75) is 0 Å². The first-order valence-corrected chi connectivity index (χ1v) is 5.03. The second kappa shape index (κ2) is 4.80. The number of benzene rings is 1. The molecule has 1 aromatic carbocycles. The molecule has 5 heteroatoms. The van der Waals surface area contributed by atoms with Crippen LogP contribution in [0.4, 0.5) is 0 Å². The summed E-state index contributed by atoms with van der Waals surface area (Å²) in [5.41, 5.74) is 0.738. The standard InChI is InChI=1S/C12H10O5/c13-5-6-16-11(14)7-9-8-3-1-2-4-10(8)17-12(9)15/h1-4,7,13H,5-6H2/b9-7-. The van der Waals surface area contributed by atoms with Crippen molar-refractivity contribution in [2.24, 2.45) is 0 Å². The largest absolute Gasteiger partial charge is 0.460 e.